The third-order valence-electron chi connectivity index (χ3n) is 6.34. The molecule has 1 amide bonds. The summed E-state index contributed by atoms with van der Waals surface area (Å²) in [6, 6.07) is 18.9. The van der Waals surface area contributed by atoms with Crippen molar-refractivity contribution in [2.75, 3.05) is 5.32 Å². The molecule has 1 fully saturated rings. The van der Waals surface area contributed by atoms with Gasteiger partial charge in [0.2, 0.25) is 5.91 Å². The van der Waals surface area contributed by atoms with Gasteiger partial charge in [-0.1, -0.05) is 46.3 Å². The number of alkyl halides is 3. The summed E-state index contributed by atoms with van der Waals surface area (Å²) >= 11 is 3.46. The summed E-state index contributed by atoms with van der Waals surface area (Å²) in [6.45, 7) is 4.17. The fourth-order valence-corrected chi connectivity index (χ4v) is 4.56. The number of aliphatic carboxylic acids is 1. The molecule has 0 unspecified atom stereocenters. The lowest BCUT2D eigenvalue weighted by atomic mass is 9.85. The molecule has 3 N–H and O–H groups in total. The molecule has 0 spiro atoms. The van der Waals surface area contributed by atoms with Crippen LogP contribution >= 0.6 is 15.9 Å². The van der Waals surface area contributed by atoms with E-state index >= 15 is 0 Å². The fraction of sp³-hybridized carbons (Fsp3) is 0.370. The van der Waals surface area contributed by atoms with Crippen molar-refractivity contribution in [3.8, 4) is 0 Å². The Hall–Kier alpha value is -3.14. The molecule has 2 aromatic carbocycles. The van der Waals surface area contributed by atoms with E-state index in [0.717, 1.165) is 47.1 Å². The lowest BCUT2D eigenvalue weighted by Crippen LogP contribution is -2.37. The van der Waals surface area contributed by atoms with Gasteiger partial charge in [-0.3, -0.25) is 4.79 Å². The Morgan fingerprint density at radius 2 is 1.65 bits per heavy atom. The normalized spacial score (nSPS) is 18.3. The number of aryl methyl sites for hydroxylation is 1. The van der Waals surface area contributed by atoms with Gasteiger partial charge in [0.15, 0.2) is 0 Å². The molecule has 0 radical (unpaired) electrons. The minimum Gasteiger partial charge on any atom is -0.475 e. The summed E-state index contributed by atoms with van der Waals surface area (Å²) in [7, 11) is 0. The lowest BCUT2D eigenvalue weighted by Gasteiger charge is -2.29. The number of hydrogen-bond acceptors (Lipinski definition) is 4. The first-order valence-corrected chi connectivity index (χ1v) is 12.7. The number of anilines is 1. The van der Waals surface area contributed by atoms with Gasteiger partial charge in [-0.25, -0.2) is 9.78 Å². The van der Waals surface area contributed by atoms with E-state index in [-0.39, 0.29) is 17.9 Å². The van der Waals surface area contributed by atoms with E-state index in [1.54, 1.807) is 0 Å². The Labute approximate surface area is 221 Å². The molecule has 1 heterocycles. The summed E-state index contributed by atoms with van der Waals surface area (Å²) in [4.78, 5) is 26.4. The van der Waals surface area contributed by atoms with E-state index in [2.05, 4.69) is 63.8 Å². The Kier molecular flexibility index (Phi) is 9.53. The molecule has 0 aliphatic heterocycles. The van der Waals surface area contributed by atoms with Crippen LogP contribution in [0.5, 0.6) is 0 Å². The van der Waals surface area contributed by atoms with Crippen LogP contribution in [0.2, 0.25) is 0 Å². The minimum absolute atomic E-state index is 0.0197. The standard InChI is InChI=1S/C25H28BrN3O.C2HF3O2/c1-16-15-24(29-23-6-4-3-5-22(16)23)28-21-13-9-19(10-14-21)25(30)27-17(2)18-7-11-20(26)12-8-18;3-2(4,5)1(6)7/h3-8,11-12,15,17,19,21H,9-10,13-14H2,1-2H3,(H,27,30)(H,28,29);(H,6,7)/t17-,19?,21?;/m1./s1. The Morgan fingerprint density at radius 1 is 1.05 bits per heavy atom. The van der Waals surface area contributed by atoms with Gasteiger partial charge in [-0.05, 0) is 74.9 Å². The molecule has 1 atom stereocenters. The SMILES string of the molecule is Cc1cc(NC2CCC(C(=O)N[C@H](C)c3ccc(Br)cc3)CC2)nc2ccccc12.O=C(O)C(F)(F)F. The molecule has 1 saturated carbocycles. The molecule has 0 saturated heterocycles. The number of carbonyl (C=O) groups excluding carboxylic acids is 1. The summed E-state index contributed by atoms with van der Waals surface area (Å²) in [5, 5.41) is 15.1. The van der Waals surface area contributed by atoms with Crippen molar-refractivity contribution < 1.29 is 27.9 Å². The third-order valence-corrected chi connectivity index (χ3v) is 6.87. The van der Waals surface area contributed by atoms with E-state index in [0.29, 0.717) is 6.04 Å². The van der Waals surface area contributed by atoms with Gasteiger partial charge in [0, 0.05) is 21.8 Å². The molecule has 1 aliphatic rings. The van der Waals surface area contributed by atoms with Gasteiger partial charge in [-0.15, -0.1) is 0 Å². The van der Waals surface area contributed by atoms with Crippen molar-refractivity contribution in [1.82, 2.24) is 10.3 Å². The number of nitrogens with zero attached hydrogens (tertiary/aromatic N) is 1. The van der Waals surface area contributed by atoms with Crippen molar-refractivity contribution in [1.29, 1.82) is 0 Å². The maximum absolute atomic E-state index is 12.8. The first kappa shape index (κ1) is 28.4. The fourth-order valence-electron chi connectivity index (χ4n) is 4.30. The predicted octanol–water partition coefficient (Wildman–Crippen LogP) is 6.79. The number of nitrogens with one attached hydrogen (secondary N) is 2. The van der Waals surface area contributed by atoms with E-state index in [4.69, 9.17) is 14.9 Å². The highest BCUT2D eigenvalue weighted by Gasteiger charge is 2.38. The van der Waals surface area contributed by atoms with Crippen LogP contribution in [0.1, 0.15) is 49.8 Å². The first-order valence-electron chi connectivity index (χ1n) is 11.9. The van der Waals surface area contributed by atoms with Crippen LogP contribution < -0.4 is 10.6 Å². The highest BCUT2D eigenvalue weighted by atomic mass is 79.9. The second kappa shape index (κ2) is 12.4. The Bertz CT molecular complexity index is 1230. The zero-order chi connectivity index (χ0) is 27.2. The molecule has 3 aromatic rings. The molecule has 0 bridgehead atoms. The average Bonchev–Trinajstić information content (AvgIpc) is 2.84. The molecule has 4 rings (SSSR count). The number of carboxylic acid groups (broad SMARTS) is 1. The van der Waals surface area contributed by atoms with Gasteiger partial charge in [-0.2, -0.15) is 13.2 Å². The Morgan fingerprint density at radius 3 is 2.24 bits per heavy atom. The maximum atomic E-state index is 12.8. The summed E-state index contributed by atoms with van der Waals surface area (Å²) < 4.78 is 32.8. The number of amides is 1. The largest absolute Gasteiger partial charge is 0.490 e. The van der Waals surface area contributed by atoms with Crippen molar-refractivity contribution in [2.45, 2.75) is 57.8 Å². The molecular formula is C27H29BrF3N3O3. The van der Waals surface area contributed by atoms with Crippen molar-refractivity contribution in [3.63, 3.8) is 0 Å². The molecule has 10 heteroatoms. The van der Waals surface area contributed by atoms with Crippen LogP contribution in [0.15, 0.2) is 59.1 Å². The van der Waals surface area contributed by atoms with E-state index in [9.17, 15) is 18.0 Å². The zero-order valence-electron chi connectivity index (χ0n) is 20.5. The van der Waals surface area contributed by atoms with E-state index in [1.165, 1.54) is 10.9 Å². The van der Waals surface area contributed by atoms with E-state index in [1.807, 2.05) is 31.2 Å². The van der Waals surface area contributed by atoms with Gasteiger partial charge >= 0.3 is 12.1 Å². The molecule has 37 heavy (non-hydrogen) atoms. The van der Waals surface area contributed by atoms with Crippen molar-refractivity contribution >= 4 is 44.5 Å². The second-order valence-electron chi connectivity index (χ2n) is 9.12. The molecule has 198 valence electrons. The number of carboxylic acids is 1. The second-order valence-corrected chi connectivity index (χ2v) is 10.0. The number of fused-ring (bicyclic) bond motifs is 1. The van der Waals surface area contributed by atoms with Gasteiger partial charge in [0.1, 0.15) is 5.82 Å². The molecule has 1 aromatic heterocycles. The monoisotopic (exact) mass is 579 g/mol. The van der Waals surface area contributed by atoms with Crippen molar-refractivity contribution in [2.24, 2.45) is 5.92 Å². The van der Waals surface area contributed by atoms with Gasteiger partial charge < -0.3 is 15.7 Å². The molecule has 6 nitrogen and oxygen atoms in total. The quantitative estimate of drug-likeness (QED) is 0.309. The smallest absolute Gasteiger partial charge is 0.475 e. The summed E-state index contributed by atoms with van der Waals surface area (Å²) in [6.07, 6.45) is -1.30. The number of para-hydroxylation sites is 1. The number of hydrogen-bond donors (Lipinski definition) is 3. The maximum Gasteiger partial charge on any atom is 0.490 e. The summed E-state index contributed by atoms with van der Waals surface area (Å²) in [5.41, 5.74) is 3.38. The number of benzene rings is 2. The molecular weight excluding hydrogens is 551 g/mol. The first-order chi connectivity index (χ1) is 17.4. The zero-order valence-corrected chi connectivity index (χ0v) is 22.1. The lowest BCUT2D eigenvalue weighted by molar-refractivity contribution is -0.192. The predicted molar refractivity (Wildman–Crippen MR) is 140 cm³/mol. The highest BCUT2D eigenvalue weighted by molar-refractivity contribution is 9.10. The van der Waals surface area contributed by atoms with Gasteiger partial charge in [0.25, 0.3) is 0 Å². The number of rotatable bonds is 5. The molecule has 1 aliphatic carbocycles. The van der Waals surface area contributed by atoms with Crippen LogP contribution in [0.25, 0.3) is 10.9 Å². The summed E-state index contributed by atoms with van der Waals surface area (Å²) in [5.74, 6) is -1.56. The van der Waals surface area contributed by atoms with Crippen LogP contribution in [-0.4, -0.2) is 34.2 Å². The highest BCUT2D eigenvalue weighted by Crippen LogP contribution is 2.28. The minimum atomic E-state index is -5.08. The number of carbonyl (C=O) groups is 2. The number of aromatic nitrogens is 1. The van der Waals surface area contributed by atoms with Crippen LogP contribution in [-0.2, 0) is 9.59 Å². The average molecular weight is 580 g/mol. The van der Waals surface area contributed by atoms with Crippen LogP contribution in [0.4, 0.5) is 19.0 Å². The van der Waals surface area contributed by atoms with Crippen molar-refractivity contribution in [3.05, 3.63) is 70.2 Å². The van der Waals surface area contributed by atoms with Crippen LogP contribution in [0, 0.1) is 12.8 Å². The van der Waals surface area contributed by atoms with E-state index < -0.39 is 12.1 Å². The Balaban J connectivity index is 0.000000479. The van der Waals surface area contributed by atoms with Gasteiger partial charge in [0.05, 0.1) is 11.6 Å². The van der Waals surface area contributed by atoms with Crippen LogP contribution in [0.3, 0.4) is 0 Å². The topological polar surface area (TPSA) is 91.3 Å². The number of pyridine rings is 1. The third kappa shape index (κ3) is 8.18. The number of halogens is 4.